The van der Waals surface area contributed by atoms with Crippen LogP contribution in [0.5, 0.6) is 0 Å². The van der Waals surface area contributed by atoms with Crippen molar-refractivity contribution < 1.29 is 22.4 Å². The van der Waals surface area contributed by atoms with E-state index in [1.165, 1.54) is 18.2 Å². The normalized spacial score (nSPS) is 11.7. The molecule has 4 N–H and O–H groups in total. The van der Waals surface area contributed by atoms with Gasteiger partial charge in [0.15, 0.2) is 0 Å². The summed E-state index contributed by atoms with van der Waals surface area (Å²) < 4.78 is 54.9. The van der Waals surface area contributed by atoms with Gasteiger partial charge < -0.3 is 21.3 Å². The second-order valence-corrected chi connectivity index (χ2v) is 8.99. The first kappa shape index (κ1) is 26.8. The molecule has 0 radical (unpaired) electrons. The number of anilines is 3. The van der Waals surface area contributed by atoms with Crippen molar-refractivity contribution in [2.75, 3.05) is 43.6 Å². The van der Waals surface area contributed by atoms with Crippen molar-refractivity contribution in [3.63, 3.8) is 0 Å². The molecule has 4 aromatic rings. The van der Waals surface area contributed by atoms with Crippen LogP contribution in [0.4, 0.5) is 34.9 Å². The quantitative estimate of drug-likeness (QED) is 0.203. The number of carbonyl (C=O) groups is 1. The summed E-state index contributed by atoms with van der Waals surface area (Å²) in [5.74, 6) is -1.56. The van der Waals surface area contributed by atoms with Gasteiger partial charge in [-0.15, -0.1) is 0 Å². The number of amides is 1. The van der Waals surface area contributed by atoms with Crippen LogP contribution in [0, 0.1) is 5.82 Å². The van der Waals surface area contributed by atoms with Crippen LogP contribution < -0.4 is 16.4 Å². The maximum Gasteiger partial charge on any atom is 0.416 e. The minimum atomic E-state index is -4.61. The van der Waals surface area contributed by atoms with Crippen LogP contribution in [0.1, 0.15) is 22.3 Å². The number of rotatable bonds is 8. The number of nitrogens with two attached hydrogens (primary N) is 1. The number of halogens is 4. The molecule has 0 aliphatic heterocycles. The van der Waals surface area contributed by atoms with E-state index in [4.69, 9.17) is 5.73 Å². The molecule has 1 heterocycles. The third-order valence-corrected chi connectivity index (χ3v) is 5.84. The molecular weight excluding hydrogens is 500 g/mol. The van der Waals surface area contributed by atoms with E-state index in [2.05, 4.69) is 20.6 Å². The largest absolute Gasteiger partial charge is 0.416 e. The van der Waals surface area contributed by atoms with Crippen LogP contribution in [-0.4, -0.2) is 48.0 Å². The Morgan fingerprint density at radius 2 is 1.74 bits per heavy atom. The molecule has 38 heavy (non-hydrogen) atoms. The highest BCUT2D eigenvalue weighted by molar-refractivity contribution is 6.07. The minimum Gasteiger partial charge on any atom is -0.383 e. The molecule has 0 fully saturated rings. The van der Waals surface area contributed by atoms with Crippen LogP contribution >= 0.6 is 0 Å². The van der Waals surface area contributed by atoms with Crippen molar-refractivity contribution >= 4 is 34.1 Å². The van der Waals surface area contributed by atoms with E-state index in [9.17, 15) is 22.4 Å². The molecule has 0 unspecified atom stereocenters. The molecule has 0 atom stereocenters. The Balaban J connectivity index is 1.62. The maximum atomic E-state index is 14.7. The fourth-order valence-electron chi connectivity index (χ4n) is 3.89. The number of hydrogen-bond donors (Lipinski definition) is 3. The number of fused-ring (bicyclic) bond motifs is 1. The molecule has 0 spiro atoms. The molecule has 0 saturated heterocycles. The minimum absolute atomic E-state index is 0.0973. The first-order valence-corrected chi connectivity index (χ1v) is 11.7. The van der Waals surface area contributed by atoms with Gasteiger partial charge in [0.05, 0.1) is 28.0 Å². The van der Waals surface area contributed by atoms with Crippen molar-refractivity contribution in [3.8, 4) is 11.1 Å². The fraction of sp³-hybridized carbons (Fsp3) is 0.222. The van der Waals surface area contributed by atoms with Crippen LogP contribution in [0.25, 0.3) is 22.0 Å². The fourth-order valence-corrected chi connectivity index (χ4v) is 3.89. The summed E-state index contributed by atoms with van der Waals surface area (Å²) in [4.78, 5) is 23.2. The van der Waals surface area contributed by atoms with Crippen molar-refractivity contribution in [2.24, 2.45) is 0 Å². The molecule has 3 aromatic carbocycles. The van der Waals surface area contributed by atoms with E-state index >= 15 is 0 Å². The number of nitrogen functional groups attached to an aromatic ring is 1. The lowest BCUT2D eigenvalue weighted by atomic mass is 10.0. The molecule has 1 aromatic heterocycles. The first-order chi connectivity index (χ1) is 18.0. The molecular formula is C27H26F4N6O. The van der Waals surface area contributed by atoms with Gasteiger partial charge in [0.25, 0.3) is 5.91 Å². The Bertz CT molecular complexity index is 1470. The number of alkyl halides is 3. The lowest BCUT2D eigenvalue weighted by Gasteiger charge is -2.17. The summed E-state index contributed by atoms with van der Waals surface area (Å²) in [6.45, 7) is 1.23. The average Bonchev–Trinajstić information content (AvgIpc) is 2.86. The van der Waals surface area contributed by atoms with Crippen molar-refractivity contribution in [2.45, 2.75) is 12.6 Å². The zero-order chi connectivity index (χ0) is 27.4. The summed E-state index contributed by atoms with van der Waals surface area (Å²) in [6.07, 6.45) is -2.33. The van der Waals surface area contributed by atoms with Gasteiger partial charge >= 0.3 is 6.18 Å². The van der Waals surface area contributed by atoms with Crippen LogP contribution in [0.15, 0.2) is 60.8 Å². The predicted octanol–water partition coefficient (Wildman–Crippen LogP) is 5.65. The molecule has 0 saturated carbocycles. The topological polar surface area (TPSA) is 96.2 Å². The number of nitrogens with zero attached hydrogens (tertiary/aromatic N) is 3. The van der Waals surface area contributed by atoms with Gasteiger partial charge in [-0.2, -0.15) is 13.2 Å². The Morgan fingerprint density at radius 1 is 1.00 bits per heavy atom. The van der Waals surface area contributed by atoms with Crippen molar-refractivity contribution in [1.82, 2.24) is 14.9 Å². The van der Waals surface area contributed by atoms with E-state index in [0.717, 1.165) is 31.2 Å². The number of aromatic nitrogens is 2. The monoisotopic (exact) mass is 526 g/mol. The van der Waals surface area contributed by atoms with Crippen LogP contribution in [-0.2, 0) is 6.18 Å². The van der Waals surface area contributed by atoms with Crippen molar-refractivity contribution in [3.05, 3.63) is 77.7 Å². The molecule has 1 amide bonds. The van der Waals surface area contributed by atoms with Gasteiger partial charge in [0, 0.05) is 18.1 Å². The summed E-state index contributed by atoms with van der Waals surface area (Å²) in [5.41, 5.74) is 6.40. The summed E-state index contributed by atoms with van der Waals surface area (Å²) in [7, 11) is 3.82. The molecule has 0 bridgehead atoms. The summed E-state index contributed by atoms with van der Waals surface area (Å²) >= 11 is 0. The number of nitrogens with one attached hydrogen (secondary N) is 2. The van der Waals surface area contributed by atoms with E-state index < -0.39 is 23.5 Å². The zero-order valence-electron chi connectivity index (χ0n) is 20.7. The average molecular weight is 527 g/mol. The number of benzene rings is 3. The third kappa shape index (κ3) is 6.35. The molecule has 11 heteroatoms. The Morgan fingerprint density at radius 3 is 2.47 bits per heavy atom. The Kier molecular flexibility index (Phi) is 7.77. The summed E-state index contributed by atoms with van der Waals surface area (Å²) in [6, 6.07) is 12.3. The van der Waals surface area contributed by atoms with Gasteiger partial charge in [0.1, 0.15) is 5.82 Å². The second-order valence-electron chi connectivity index (χ2n) is 8.99. The lowest BCUT2D eigenvalue weighted by molar-refractivity contribution is -0.137. The Hall–Kier alpha value is -4.25. The standard InChI is InChI=1S/C27H26F4N6O/c1-37(2)11-3-10-33-23-9-6-19(27(29,30)31)14-24(23)35-25(38)20-13-17(4-7-21(20)28)16-5-8-22-18(12-16)15-34-26(32)36-22/h4-9,12-15,33H,3,10-11H2,1-2H3,(H,35,38)(H2,32,34,36). The van der Waals surface area contributed by atoms with Crippen LogP contribution in [0.3, 0.4) is 0 Å². The molecule has 4 rings (SSSR count). The van der Waals surface area contributed by atoms with E-state index in [0.29, 0.717) is 34.3 Å². The second kappa shape index (κ2) is 11.0. The number of hydrogen-bond acceptors (Lipinski definition) is 6. The van der Waals surface area contributed by atoms with E-state index in [1.807, 2.05) is 19.0 Å². The SMILES string of the molecule is CN(C)CCCNc1ccc(C(F)(F)F)cc1NC(=O)c1cc(-c2ccc3nc(N)ncc3c2)ccc1F. The first-order valence-electron chi connectivity index (χ1n) is 11.7. The highest BCUT2D eigenvalue weighted by Crippen LogP contribution is 2.34. The Labute approximate surface area is 216 Å². The highest BCUT2D eigenvalue weighted by Gasteiger charge is 2.31. The molecule has 0 aliphatic rings. The van der Waals surface area contributed by atoms with Gasteiger partial charge in [-0.3, -0.25) is 4.79 Å². The molecule has 7 nitrogen and oxygen atoms in total. The molecule has 198 valence electrons. The van der Waals surface area contributed by atoms with Gasteiger partial charge in [-0.25, -0.2) is 14.4 Å². The van der Waals surface area contributed by atoms with Gasteiger partial charge in [-0.1, -0.05) is 12.1 Å². The summed E-state index contributed by atoms with van der Waals surface area (Å²) in [5, 5.41) is 6.21. The van der Waals surface area contributed by atoms with E-state index in [1.54, 1.807) is 24.4 Å². The third-order valence-electron chi connectivity index (χ3n) is 5.84. The van der Waals surface area contributed by atoms with Gasteiger partial charge in [0.2, 0.25) is 5.95 Å². The van der Waals surface area contributed by atoms with Gasteiger partial charge in [-0.05, 0) is 80.7 Å². The van der Waals surface area contributed by atoms with E-state index in [-0.39, 0.29) is 17.2 Å². The maximum absolute atomic E-state index is 14.7. The van der Waals surface area contributed by atoms with Crippen LogP contribution in [0.2, 0.25) is 0 Å². The smallest absolute Gasteiger partial charge is 0.383 e. The molecule has 0 aliphatic carbocycles. The van der Waals surface area contributed by atoms with Crippen molar-refractivity contribution in [1.29, 1.82) is 0 Å². The lowest BCUT2D eigenvalue weighted by Crippen LogP contribution is -2.18. The predicted molar refractivity (Wildman–Crippen MR) is 140 cm³/mol. The highest BCUT2D eigenvalue weighted by atomic mass is 19.4. The number of carbonyl (C=O) groups excluding carboxylic acids is 1. The zero-order valence-corrected chi connectivity index (χ0v) is 20.7.